The van der Waals surface area contributed by atoms with Crippen LogP contribution in [0.3, 0.4) is 0 Å². The average Bonchev–Trinajstić information content (AvgIpc) is 2.63. The van der Waals surface area contributed by atoms with Crippen LogP contribution in [-0.2, 0) is 9.63 Å². The molecule has 6 heteroatoms. The molecule has 1 aliphatic heterocycles. The molecule has 0 aromatic heterocycles. The summed E-state index contributed by atoms with van der Waals surface area (Å²) in [6.45, 7) is 2.81. The number of rotatable bonds is 5. The van der Waals surface area contributed by atoms with Crippen molar-refractivity contribution in [2.24, 2.45) is 5.84 Å². The molecule has 1 heterocycles. The number of hydrazine groups is 1. The lowest BCUT2D eigenvalue weighted by molar-refractivity contribution is -0.151. The minimum absolute atomic E-state index is 0.314. The molecule has 88 valence electrons. The Hall–Kier alpha value is -0.690. The van der Waals surface area contributed by atoms with Gasteiger partial charge in [0.15, 0.2) is 0 Å². The fourth-order valence-corrected chi connectivity index (χ4v) is 1.80. The largest absolute Gasteiger partial charge is 0.356 e. The smallest absolute Gasteiger partial charge is 0.327 e. The van der Waals surface area contributed by atoms with Crippen LogP contribution in [0.5, 0.6) is 0 Å². The van der Waals surface area contributed by atoms with Crippen LogP contribution in [0.4, 0.5) is 0 Å². The molecule has 0 radical (unpaired) electrons. The first-order chi connectivity index (χ1) is 7.13. The van der Waals surface area contributed by atoms with Gasteiger partial charge >= 0.3 is 5.97 Å². The van der Waals surface area contributed by atoms with Gasteiger partial charge in [-0.25, -0.2) is 5.84 Å². The van der Waals surface area contributed by atoms with Crippen LogP contribution in [0.15, 0.2) is 0 Å². The van der Waals surface area contributed by atoms with Crippen molar-refractivity contribution in [2.75, 3.05) is 33.7 Å². The number of likely N-dealkylation sites (N-methyl/N-ethyl adjacent to an activating group) is 1. The molecule has 1 aliphatic rings. The first kappa shape index (κ1) is 12.4. The van der Waals surface area contributed by atoms with Crippen LogP contribution in [0, 0.1) is 0 Å². The summed E-state index contributed by atoms with van der Waals surface area (Å²) in [5.41, 5.74) is 1.89. The van der Waals surface area contributed by atoms with Crippen LogP contribution in [0.25, 0.3) is 0 Å². The molecule has 0 aliphatic carbocycles. The molecule has 0 spiro atoms. The number of nitrogens with one attached hydrogen (secondary N) is 1. The summed E-state index contributed by atoms with van der Waals surface area (Å²) >= 11 is 0. The lowest BCUT2D eigenvalue weighted by atomic mass is 10.2. The molecular weight excluding hydrogens is 196 g/mol. The normalized spacial score (nSPS) is 22.3. The Morgan fingerprint density at radius 1 is 1.67 bits per heavy atom. The molecule has 1 unspecified atom stereocenters. The number of nitrogens with two attached hydrogens (primary N) is 1. The Bertz CT molecular complexity index is 210. The van der Waals surface area contributed by atoms with E-state index >= 15 is 0 Å². The van der Waals surface area contributed by atoms with E-state index in [1.54, 1.807) is 0 Å². The molecule has 1 rings (SSSR count). The van der Waals surface area contributed by atoms with Gasteiger partial charge in [-0.1, -0.05) is 5.59 Å². The van der Waals surface area contributed by atoms with Crippen molar-refractivity contribution in [1.29, 1.82) is 0 Å². The summed E-state index contributed by atoms with van der Waals surface area (Å²) in [4.78, 5) is 19.9. The molecule has 0 aromatic rings. The molecule has 1 fully saturated rings. The van der Waals surface area contributed by atoms with Crippen molar-refractivity contribution in [1.82, 2.24) is 15.4 Å². The highest BCUT2D eigenvalue weighted by Crippen LogP contribution is 2.13. The Labute approximate surface area is 90.3 Å². The van der Waals surface area contributed by atoms with E-state index in [2.05, 4.69) is 28.7 Å². The van der Waals surface area contributed by atoms with E-state index in [4.69, 9.17) is 5.84 Å². The third-order valence-corrected chi connectivity index (χ3v) is 2.78. The Balaban J connectivity index is 2.16. The Kier molecular flexibility index (Phi) is 4.97. The maximum absolute atomic E-state index is 11.0. The monoisotopic (exact) mass is 216 g/mol. The lowest BCUT2D eigenvalue weighted by Crippen LogP contribution is -2.33. The lowest BCUT2D eigenvalue weighted by Gasteiger charge is -2.19. The summed E-state index contributed by atoms with van der Waals surface area (Å²) in [6.07, 6.45) is 1.54. The average molecular weight is 216 g/mol. The molecule has 1 atom stereocenters. The molecule has 0 aromatic carbocycles. The van der Waals surface area contributed by atoms with Gasteiger partial charge in [-0.2, -0.15) is 0 Å². The standard InChI is InChI=1S/C9H20N4O2/c1-12(2)8-3-5-13(7-8)6-4-9(14)15-11-10/h8,11H,3-7,10H2,1-2H3. The van der Waals surface area contributed by atoms with Gasteiger partial charge in [-0.05, 0) is 27.1 Å². The predicted octanol–water partition coefficient (Wildman–Crippen LogP) is -1.07. The molecule has 15 heavy (non-hydrogen) atoms. The highest BCUT2D eigenvalue weighted by atomic mass is 16.7. The van der Waals surface area contributed by atoms with E-state index in [0.717, 1.165) is 26.1 Å². The zero-order valence-corrected chi connectivity index (χ0v) is 9.40. The number of carbonyl (C=O) groups excluding carboxylic acids is 1. The number of nitrogens with zero attached hydrogens (tertiary/aromatic N) is 2. The van der Waals surface area contributed by atoms with E-state index in [9.17, 15) is 4.79 Å². The van der Waals surface area contributed by atoms with Crippen molar-refractivity contribution in [3.63, 3.8) is 0 Å². The minimum Gasteiger partial charge on any atom is -0.356 e. The van der Waals surface area contributed by atoms with Gasteiger partial charge in [-0.15, -0.1) is 0 Å². The molecule has 0 bridgehead atoms. The molecule has 3 N–H and O–H groups in total. The highest BCUT2D eigenvalue weighted by Gasteiger charge is 2.23. The van der Waals surface area contributed by atoms with Crippen molar-refractivity contribution in [2.45, 2.75) is 18.9 Å². The van der Waals surface area contributed by atoms with Crippen molar-refractivity contribution in [3.05, 3.63) is 0 Å². The Morgan fingerprint density at radius 2 is 2.40 bits per heavy atom. The topological polar surface area (TPSA) is 70.8 Å². The van der Waals surface area contributed by atoms with Gasteiger partial charge in [0.1, 0.15) is 0 Å². The number of hydrogen-bond donors (Lipinski definition) is 2. The maximum atomic E-state index is 11.0. The van der Waals surface area contributed by atoms with E-state index in [1.807, 2.05) is 5.59 Å². The first-order valence-electron chi connectivity index (χ1n) is 5.17. The van der Waals surface area contributed by atoms with Crippen molar-refractivity contribution in [3.8, 4) is 0 Å². The molecule has 0 saturated carbocycles. The first-order valence-corrected chi connectivity index (χ1v) is 5.17. The molecule has 1 saturated heterocycles. The van der Waals surface area contributed by atoms with Gasteiger partial charge in [0.05, 0.1) is 6.42 Å². The molecule has 0 amide bonds. The van der Waals surface area contributed by atoms with Crippen LogP contribution in [-0.4, -0.2) is 55.5 Å². The second-order valence-electron chi connectivity index (χ2n) is 4.05. The molecule has 6 nitrogen and oxygen atoms in total. The van der Waals surface area contributed by atoms with Crippen LogP contribution in [0.2, 0.25) is 0 Å². The van der Waals surface area contributed by atoms with Gasteiger partial charge in [0.25, 0.3) is 0 Å². The quantitative estimate of drug-likeness (QED) is 0.450. The van der Waals surface area contributed by atoms with Crippen LogP contribution >= 0.6 is 0 Å². The van der Waals surface area contributed by atoms with E-state index in [1.165, 1.54) is 0 Å². The number of hydrogen-bond acceptors (Lipinski definition) is 6. The summed E-state index contributed by atoms with van der Waals surface area (Å²) < 4.78 is 0. The maximum Gasteiger partial charge on any atom is 0.327 e. The SMILES string of the molecule is CN(C)C1CCN(CCC(=O)ONN)C1. The Morgan fingerprint density at radius 3 is 2.93 bits per heavy atom. The van der Waals surface area contributed by atoms with Crippen LogP contribution < -0.4 is 11.4 Å². The summed E-state index contributed by atoms with van der Waals surface area (Å²) in [7, 11) is 4.17. The third-order valence-electron chi connectivity index (χ3n) is 2.78. The third kappa shape index (κ3) is 4.13. The second-order valence-corrected chi connectivity index (χ2v) is 4.05. The van der Waals surface area contributed by atoms with Crippen LogP contribution in [0.1, 0.15) is 12.8 Å². The predicted molar refractivity (Wildman–Crippen MR) is 56.6 cm³/mol. The van der Waals surface area contributed by atoms with Gasteiger partial charge in [0.2, 0.25) is 0 Å². The van der Waals surface area contributed by atoms with Crippen molar-refractivity contribution < 1.29 is 9.63 Å². The highest BCUT2D eigenvalue weighted by molar-refractivity contribution is 5.69. The van der Waals surface area contributed by atoms with E-state index < -0.39 is 0 Å². The minimum atomic E-state index is -0.314. The zero-order chi connectivity index (χ0) is 11.3. The van der Waals surface area contributed by atoms with E-state index in [0.29, 0.717) is 12.5 Å². The second kappa shape index (κ2) is 6.02. The number of likely N-dealkylation sites (tertiary alicyclic amines) is 1. The fourth-order valence-electron chi connectivity index (χ4n) is 1.80. The molecular formula is C9H20N4O2. The van der Waals surface area contributed by atoms with Crippen molar-refractivity contribution >= 4 is 5.97 Å². The van der Waals surface area contributed by atoms with Gasteiger partial charge in [0, 0.05) is 19.1 Å². The summed E-state index contributed by atoms with van der Waals surface area (Å²) in [6, 6.07) is 0.605. The summed E-state index contributed by atoms with van der Waals surface area (Å²) in [5, 5.41) is 0. The fraction of sp³-hybridized carbons (Fsp3) is 0.889. The number of carbonyl (C=O) groups is 1. The van der Waals surface area contributed by atoms with Gasteiger partial charge in [-0.3, -0.25) is 4.79 Å². The van der Waals surface area contributed by atoms with Gasteiger partial charge < -0.3 is 14.6 Å². The van der Waals surface area contributed by atoms with E-state index in [-0.39, 0.29) is 5.97 Å². The zero-order valence-electron chi connectivity index (χ0n) is 9.40. The summed E-state index contributed by atoms with van der Waals surface area (Å²) in [5.74, 6) is 4.55.